The van der Waals surface area contributed by atoms with Gasteiger partial charge in [-0.3, -0.25) is 4.79 Å². The smallest absolute Gasteiger partial charge is 0.407 e. The van der Waals surface area contributed by atoms with Crippen LogP contribution in [0.3, 0.4) is 0 Å². The topological polar surface area (TPSA) is 237 Å². The van der Waals surface area contributed by atoms with Crippen molar-refractivity contribution in [2.45, 2.75) is 80.4 Å². The van der Waals surface area contributed by atoms with E-state index in [9.17, 15) is 33.6 Å². The first-order valence-electron chi connectivity index (χ1n) is 17.3. The van der Waals surface area contributed by atoms with Crippen molar-refractivity contribution in [3.8, 4) is 5.75 Å². The third-order valence-electron chi connectivity index (χ3n) is 5.40. The van der Waals surface area contributed by atoms with Gasteiger partial charge in [0.15, 0.2) is 16.8 Å². The number of alkyl halides is 1. The molecule has 0 bridgehead atoms. The number of aromatic nitrogens is 2. The molecule has 308 valence electrons. The molecule has 2 heterocycles. The van der Waals surface area contributed by atoms with Gasteiger partial charge in [0, 0.05) is 36.1 Å². The van der Waals surface area contributed by atoms with E-state index in [4.69, 9.17) is 33.2 Å². The van der Waals surface area contributed by atoms with Gasteiger partial charge in [0.2, 0.25) is 0 Å². The summed E-state index contributed by atoms with van der Waals surface area (Å²) in [6.07, 6.45) is -0.933. The predicted octanol–water partition coefficient (Wildman–Crippen LogP) is 4.97. The van der Waals surface area contributed by atoms with Crippen LogP contribution in [0.5, 0.6) is 5.75 Å². The zero-order valence-electron chi connectivity index (χ0n) is 33.0. The van der Waals surface area contributed by atoms with Gasteiger partial charge in [0.25, 0.3) is 0 Å². The first-order chi connectivity index (χ1) is 25.7. The Labute approximate surface area is 328 Å². The number of alkyl carbamates (subject to hydrolysis) is 2. The number of nitrogens with one attached hydrogen (secondary N) is 3. The molecule has 0 saturated carbocycles. The average Bonchev–Trinajstić information content (AvgIpc) is 3.08. The molecule has 2 aromatic heterocycles. The number of H-pyrrole nitrogens is 1. The monoisotopic (exact) mass is 844 g/mol. The summed E-state index contributed by atoms with van der Waals surface area (Å²) in [6, 6.07) is 4.85. The number of amides is 2. The SMILES string of the molecule is CC(C)(C)OC(=O)NCCBr.CCOC(=O)c1cc(=O)cc(C(=O)OCC)[nH]1.CCOC(=O)c1cc(OCCNC(=O)OC(C)(C)C)cc(C(=O)OCC)n1. The number of nitrogens with zero attached hydrogens (tertiary/aromatic N) is 1. The van der Waals surface area contributed by atoms with E-state index in [1.165, 1.54) is 12.1 Å². The summed E-state index contributed by atoms with van der Waals surface area (Å²) in [5.41, 5.74) is -1.75. The molecule has 0 radical (unpaired) electrons. The molecule has 3 N–H and O–H groups in total. The van der Waals surface area contributed by atoms with Crippen LogP contribution in [0.25, 0.3) is 0 Å². The van der Waals surface area contributed by atoms with Crippen molar-refractivity contribution in [2.75, 3.05) is 51.5 Å². The van der Waals surface area contributed by atoms with E-state index in [0.29, 0.717) is 6.54 Å². The largest absolute Gasteiger partial charge is 0.492 e. The van der Waals surface area contributed by atoms with Gasteiger partial charge in [-0.1, -0.05) is 15.9 Å². The molecule has 19 heteroatoms. The number of carbonyl (C=O) groups excluding carboxylic acids is 6. The number of esters is 4. The lowest BCUT2D eigenvalue weighted by Crippen LogP contribution is -2.34. The normalized spacial score (nSPS) is 10.5. The molecular weight excluding hydrogens is 792 g/mol. The van der Waals surface area contributed by atoms with Gasteiger partial charge in [0.05, 0.1) is 33.0 Å². The van der Waals surface area contributed by atoms with Crippen LogP contribution in [-0.2, 0) is 28.4 Å². The lowest BCUT2D eigenvalue weighted by molar-refractivity contribution is 0.0492. The summed E-state index contributed by atoms with van der Waals surface area (Å²) in [6.45, 7) is 18.9. The Balaban J connectivity index is 0.000000885. The van der Waals surface area contributed by atoms with Gasteiger partial charge < -0.3 is 48.8 Å². The van der Waals surface area contributed by atoms with E-state index >= 15 is 0 Å². The van der Waals surface area contributed by atoms with Crippen LogP contribution in [0, 0.1) is 0 Å². The van der Waals surface area contributed by atoms with Gasteiger partial charge in [-0.15, -0.1) is 0 Å². The van der Waals surface area contributed by atoms with E-state index in [1.54, 1.807) is 48.5 Å². The van der Waals surface area contributed by atoms with Crippen molar-refractivity contribution in [3.05, 3.63) is 57.3 Å². The van der Waals surface area contributed by atoms with E-state index in [0.717, 1.165) is 17.5 Å². The maximum atomic E-state index is 11.9. The third-order valence-corrected chi connectivity index (χ3v) is 5.80. The maximum absolute atomic E-state index is 11.9. The zero-order valence-corrected chi connectivity index (χ0v) is 34.6. The first kappa shape index (κ1) is 49.8. The molecule has 0 aliphatic carbocycles. The molecule has 0 aliphatic heterocycles. The lowest BCUT2D eigenvalue weighted by Gasteiger charge is -2.19. The molecule has 18 nitrogen and oxygen atoms in total. The van der Waals surface area contributed by atoms with Crippen LogP contribution >= 0.6 is 15.9 Å². The summed E-state index contributed by atoms with van der Waals surface area (Å²) in [5.74, 6) is -2.51. The summed E-state index contributed by atoms with van der Waals surface area (Å²) >= 11 is 3.19. The molecule has 0 atom stereocenters. The minimum Gasteiger partial charge on any atom is -0.492 e. The molecule has 0 saturated heterocycles. The summed E-state index contributed by atoms with van der Waals surface area (Å²) in [5, 5.41) is 5.86. The number of halogens is 1. The van der Waals surface area contributed by atoms with Crippen LogP contribution in [-0.4, -0.2) is 109 Å². The third kappa shape index (κ3) is 23.3. The zero-order chi connectivity index (χ0) is 42.2. The molecule has 0 fully saturated rings. The molecule has 0 unspecified atom stereocenters. The van der Waals surface area contributed by atoms with Crippen LogP contribution in [0.2, 0.25) is 0 Å². The molecule has 2 aromatic rings. The molecule has 2 rings (SSSR count). The number of hydrogen-bond acceptors (Lipinski definition) is 15. The van der Waals surface area contributed by atoms with Crippen molar-refractivity contribution in [1.29, 1.82) is 0 Å². The van der Waals surface area contributed by atoms with Crippen molar-refractivity contribution >= 4 is 52.0 Å². The number of aromatic amines is 1. The van der Waals surface area contributed by atoms with E-state index in [-0.39, 0.29) is 74.2 Å². The second kappa shape index (κ2) is 25.8. The summed E-state index contributed by atoms with van der Waals surface area (Å²) in [4.78, 5) is 86.8. The Morgan fingerprint density at radius 3 is 1.38 bits per heavy atom. The Kier molecular flexibility index (Phi) is 23.3. The van der Waals surface area contributed by atoms with Gasteiger partial charge in [0.1, 0.15) is 34.9 Å². The molecule has 0 aliphatic rings. The highest BCUT2D eigenvalue weighted by molar-refractivity contribution is 9.09. The van der Waals surface area contributed by atoms with E-state index in [2.05, 4.69) is 36.5 Å². The van der Waals surface area contributed by atoms with E-state index in [1.807, 2.05) is 20.8 Å². The van der Waals surface area contributed by atoms with E-state index < -0.39 is 46.6 Å². The van der Waals surface area contributed by atoms with Crippen molar-refractivity contribution in [2.24, 2.45) is 0 Å². The average molecular weight is 846 g/mol. The van der Waals surface area contributed by atoms with Gasteiger partial charge in [-0.05, 0) is 69.2 Å². The number of rotatable bonds is 14. The standard InChI is InChI=1S/C18H26N2O7.C11H13NO5.C7H14BrNO2/c1-6-24-15(21)13-10-12(11-14(20-13)16(22)25-7-2)26-9-8-19-17(23)27-18(3,4)5;1-3-16-10(14)8-5-7(13)6-9(12-8)11(15)17-4-2;1-7(2,3)11-6(10)9-5-4-8/h10-11H,6-9H2,1-5H3,(H,19,23);5-6H,3-4H2,1-2H3,(H,12,13);4-5H2,1-3H3,(H,9,10). The highest BCUT2D eigenvalue weighted by Crippen LogP contribution is 2.16. The number of pyridine rings is 2. The quantitative estimate of drug-likeness (QED) is 0.0985. The Hall–Kier alpha value is -5.20. The fourth-order valence-electron chi connectivity index (χ4n) is 3.49. The van der Waals surface area contributed by atoms with Gasteiger partial charge in [-0.2, -0.15) is 0 Å². The first-order valence-corrected chi connectivity index (χ1v) is 18.4. The van der Waals surface area contributed by atoms with Crippen LogP contribution < -0.4 is 20.8 Å². The molecule has 55 heavy (non-hydrogen) atoms. The Morgan fingerprint density at radius 2 is 1.02 bits per heavy atom. The minimum atomic E-state index is -0.684. The van der Waals surface area contributed by atoms with Crippen molar-refractivity contribution in [1.82, 2.24) is 20.6 Å². The second-order valence-electron chi connectivity index (χ2n) is 12.5. The van der Waals surface area contributed by atoms with Crippen LogP contribution in [0.15, 0.2) is 29.1 Å². The molecular formula is C36H53BrN4O14. The fraction of sp³-hybridized carbons (Fsp3) is 0.556. The summed E-state index contributed by atoms with van der Waals surface area (Å²) in [7, 11) is 0. The van der Waals surface area contributed by atoms with Gasteiger partial charge in [-0.25, -0.2) is 33.8 Å². The maximum Gasteiger partial charge on any atom is 0.407 e. The fourth-order valence-corrected chi connectivity index (χ4v) is 3.69. The molecule has 0 aromatic carbocycles. The lowest BCUT2D eigenvalue weighted by atomic mass is 10.2. The van der Waals surface area contributed by atoms with Crippen LogP contribution in [0.4, 0.5) is 9.59 Å². The van der Waals surface area contributed by atoms with Crippen LogP contribution in [0.1, 0.15) is 111 Å². The van der Waals surface area contributed by atoms with Crippen molar-refractivity contribution < 1.29 is 61.9 Å². The number of carbonyl (C=O) groups is 6. The highest BCUT2D eigenvalue weighted by atomic mass is 79.9. The predicted molar refractivity (Wildman–Crippen MR) is 203 cm³/mol. The molecule has 2 amide bonds. The Bertz CT molecular complexity index is 1540. The number of hydrogen-bond donors (Lipinski definition) is 3. The minimum absolute atomic E-state index is 0.0672. The highest BCUT2D eigenvalue weighted by Gasteiger charge is 2.19. The second-order valence-corrected chi connectivity index (χ2v) is 13.3. The summed E-state index contributed by atoms with van der Waals surface area (Å²) < 4.78 is 34.8. The number of ether oxygens (including phenoxy) is 7. The van der Waals surface area contributed by atoms with Gasteiger partial charge >= 0.3 is 36.1 Å². The molecule has 0 spiro atoms. The Morgan fingerprint density at radius 1 is 0.636 bits per heavy atom. The van der Waals surface area contributed by atoms with Crippen molar-refractivity contribution in [3.63, 3.8) is 0 Å².